The van der Waals surface area contributed by atoms with Crippen molar-refractivity contribution in [3.63, 3.8) is 0 Å². The molecule has 3 heteroatoms. The van der Waals surface area contributed by atoms with Crippen LogP contribution in [0.15, 0.2) is 11.6 Å². The number of hydrogen-bond acceptors (Lipinski definition) is 3. The van der Waals surface area contributed by atoms with Gasteiger partial charge in [0, 0.05) is 39.4 Å². The van der Waals surface area contributed by atoms with Gasteiger partial charge in [0.2, 0.25) is 0 Å². The number of hydrogen-bond donors (Lipinski definition) is 0. The average molecular weight is 212 g/mol. The number of ketones is 1. The van der Waals surface area contributed by atoms with E-state index in [1.165, 1.54) is 0 Å². The van der Waals surface area contributed by atoms with Gasteiger partial charge >= 0.3 is 0 Å². The minimum atomic E-state index is -0.607. The second-order valence-corrected chi connectivity index (χ2v) is 4.05. The fourth-order valence-corrected chi connectivity index (χ4v) is 2.25. The van der Waals surface area contributed by atoms with E-state index in [2.05, 4.69) is 0 Å². The van der Waals surface area contributed by atoms with E-state index in [-0.39, 0.29) is 5.92 Å². The van der Waals surface area contributed by atoms with Crippen molar-refractivity contribution in [2.45, 2.75) is 38.9 Å². The smallest absolute Gasteiger partial charge is 0.174 e. The van der Waals surface area contributed by atoms with Crippen LogP contribution in [0.1, 0.15) is 33.1 Å². The van der Waals surface area contributed by atoms with Crippen molar-refractivity contribution >= 4 is 5.78 Å². The molecule has 1 fully saturated rings. The minimum Gasteiger partial charge on any atom is -0.353 e. The predicted octanol–water partition coefficient (Wildman–Crippen LogP) is 2.31. The van der Waals surface area contributed by atoms with Crippen LogP contribution in [0.25, 0.3) is 0 Å². The molecule has 1 unspecified atom stereocenters. The Balaban J connectivity index is 2.97. The molecule has 1 saturated carbocycles. The van der Waals surface area contributed by atoms with E-state index in [0.717, 1.165) is 5.57 Å². The first-order chi connectivity index (χ1) is 7.09. The summed E-state index contributed by atoms with van der Waals surface area (Å²) in [6, 6.07) is 0. The summed E-state index contributed by atoms with van der Waals surface area (Å²) >= 11 is 0. The first-order valence-corrected chi connectivity index (χ1v) is 5.34. The zero-order chi connectivity index (χ0) is 11.5. The molecule has 0 N–H and O–H groups in total. The van der Waals surface area contributed by atoms with Crippen molar-refractivity contribution in [1.82, 2.24) is 0 Å². The second kappa shape index (κ2) is 4.90. The number of carbonyl (C=O) groups is 1. The van der Waals surface area contributed by atoms with Gasteiger partial charge in [-0.25, -0.2) is 0 Å². The highest BCUT2D eigenvalue weighted by atomic mass is 16.7. The van der Waals surface area contributed by atoms with Crippen LogP contribution < -0.4 is 0 Å². The summed E-state index contributed by atoms with van der Waals surface area (Å²) in [5, 5.41) is 0. The maximum absolute atomic E-state index is 11.5. The summed E-state index contributed by atoms with van der Waals surface area (Å²) in [5.41, 5.74) is 1.16. The molecule has 0 spiro atoms. The molecule has 0 radical (unpaired) electrons. The Labute approximate surface area is 91.4 Å². The van der Waals surface area contributed by atoms with E-state index in [1.807, 2.05) is 19.9 Å². The van der Waals surface area contributed by atoms with Gasteiger partial charge in [-0.15, -0.1) is 0 Å². The third-order valence-electron chi connectivity index (χ3n) is 3.41. The molecule has 1 aliphatic carbocycles. The van der Waals surface area contributed by atoms with E-state index >= 15 is 0 Å². The van der Waals surface area contributed by atoms with Gasteiger partial charge in [-0.05, 0) is 13.8 Å². The molecule has 1 aliphatic rings. The molecule has 0 aromatic carbocycles. The number of allylic oxidation sites excluding steroid dienone is 1. The molecule has 0 aromatic rings. The highest BCUT2D eigenvalue weighted by molar-refractivity contribution is 5.80. The van der Waals surface area contributed by atoms with Crippen LogP contribution in [0.2, 0.25) is 0 Å². The van der Waals surface area contributed by atoms with Gasteiger partial charge in [0.1, 0.15) is 5.78 Å². The van der Waals surface area contributed by atoms with Gasteiger partial charge in [0.25, 0.3) is 0 Å². The first kappa shape index (κ1) is 12.4. The highest BCUT2D eigenvalue weighted by Crippen LogP contribution is 2.39. The second-order valence-electron chi connectivity index (χ2n) is 4.05. The molecule has 0 saturated heterocycles. The van der Waals surface area contributed by atoms with Gasteiger partial charge in [-0.1, -0.05) is 11.6 Å². The molecule has 0 amide bonds. The summed E-state index contributed by atoms with van der Waals surface area (Å²) in [5.74, 6) is -0.255. The Hall–Kier alpha value is -0.670. The van der Waals surface area contributed by atoms with E-state index in [0.29, 0.717) is 25.0 Å². The zero-order valence-electron chi connectivity index (χ0n) is 10.0. The standard InChI is InChI=1S/C12H20O3/c1-5-9(2)11-8-10(13)6-7-12(11,14-3)15-4/h5,11H,6-8H2,1-4H3. The maximum atomic E-state index is 11.5. The Kier molecular flexibility index (Phi) is 4.05. The van der Waals surface area contributed by atoms with Gasteiger partial charge in [-0.2, -0.15) is 0 Å². The van der Waals surface area contributed by atoms with Crippen LogP contribution in [-0.4, -0.2) is 25.8 Å². The van der Waals surface area contributed by atoms with E-state index in [1.54, 1.807) is 14.2 Å². The van der Waals surface area contributed by atoms with Crippen molar-refractivity contribution in [3.05, 3.63) is 11.6 Å². The number of Topliss-reactive ketones (excluding diaryl/α,β-unsaturated/α-hetero) is 1. The van der Waals surface area contributed by atoms with Crippen molar-refractivity contribution in [1.29, 1.82) is 0 Å². The Morgan fingerprint density at radius 1 is 1.47 bits per heavy atom. The summed E-state index contributed by atoms with van der Waals surface area (Å²) < 4.78 is 11.0. The van der Waals surface area contributed by atoms with Gasteiger partial charge in [0.15, 0.2) is 5.79 Å². The van der Waals surface area contributed by atoms with Gasteiger partial charge in [-0.3, -0.25) is 4.79 Å². The van der Waals surface area contributed by atoms with E-state index in [4.69, 9.17) is 9.47 Å². The van der Waals surface area contributed by atoms with Crippen molar-refractivity contribution < 1.29 is 14.3 Å². The lowest BCUT2D eigenvalue weighted by Gasteiger charge is -2.41. The van der Waals surface area contributed by atoms with Crippen LogP contribution >= 0.6 is 0 Å². The normalized spacial score (nSPS) is 26.8. The van der Waals surface area contributed by atoms with Gasteiger partial charge < -0.3 is 9.47 Å². The summed E-state index contributed by atoms with van der Waals surface area (Å²) in [7, 11) is 3.30. The molecular formula is C12H20O3. The van der Waals surface area contributed by atoms with Crippen molar-refractivity contribution in [2.24, 2.45) is 5.92 Å². The third kappa shape index (κ3) is 2.29. The molecule has 86 valence electrons. The predicted molar refractivity (Wildman–Crippen MR) is 58.5 cm³/mol. The molecule has 15 heavy (non-hydrogen) atoms. The lowest BCUT2D eigenvalue weighted by atomic mass is 9.78. The minimum absolute atomic E-state index is 0.0544. The number of ether oxygens (including phenoxy) is 2. The van der Waals surface area contributed by atoms with Crippen molar-refractivity contribution in [3.8, 4) is 0 Å². The van der Waals surface area contributed by atoms with Crippen LogP contribution in [0, 0.1) is 5.92 Å². The first-order valence-electron chi connectivity index (χ1n) is 5.34. The third-order valence-corrected chi connectivity index (χ3v) is 3.41. The topological polar surface area (TPSA) is 35.5 Å². The van der Waals surface area contributed by atoms with E-state index < -0.39 is 5.79 Å². The zero-order valence-corrected chi connectivity index (χ0v) is 10.0. The monoisotopic (exact) mass is 212 g/mol. The fourth-order valence-electron chi connectivity index (χ4n) is 2.25. The Morgan fingerprint density at radius 2 is 2.07 bits per heavy atom. The van der Waals surface area contributed by atoms with Crippen LogP contribution in [0.5, 0.6) is 0 Å². The molecule has 0 heterocycles. The fraction of sp³-hybridized carbons (Fsp3) is 0.750. The molecule has 0 aliphatic heterocycles. The largest absolute Gasteiger partial charge is 0.353 e. The molecule has 0 bridgehead atoms. The van der Waals surface area contributed by atoms with E-state index in [9.17, 15) is 4.79 Å². The van der Waals surface area contributed by atoms with Crippen LogP contribution in [0.4, 0.5) is 0 Å². The summed E-state index contributed by atoms with van der Waals surface area (Å²) in [6.45, 7) is 4.00. The average Bonchev–Trinajstić information content (AvgIpc) is 2.28. The number of rotatable bonds is 3. The van der Waals surface area contributed by atoms with Crippen LogP contribution in [-0.2, 0) is 14.3 Å². The quantitative estimate of drug-likeness (QED) is 0.532. The molecule has 0 aromatic heterocycles. The highest BCUT2D eigenvalue weighted by Gasteiger charge is 2.44. The number of methoxy groups -OCH3 is 2. The number of carbonyl (C=O) groups excluding carboxylic acids is 1. The summed E-state index contributed by atoms with van der Waals surface area (Å²) in [4.78, 5) is 11.5. The van der Waals surface area contributed by atoms with Gasteiger partial charge in [0.05, 0.1) is 0 Å². The van der Waals surface area contributed by atoms with Crippen LogP contribution in [0.3, 0.4) is 0 Å². The Bertz CT molecular complexity index is 264. The SMILES string of the molecule is CC=C(C)C1CC(=O)CCC1(OC)OC. The maximum Gasteiger partial charge on any atom is 0.174 e. The molecule has 3 nitrogen and oxygen atoms in total. The lowest BCUT2D eigenvalue weighted by molar-refractivity contribution is -0.243. The summed E-state index contributed by atoms with van der Waals surface area (Å²) in [6.07, 6.45) is 3.75. The van der Waals surface area contributed by atoms with Crippen molar-refractivity contribution in [2.75, 3.05) is 14.2 Å². The molecule has 1 atom stereocenters. The Morgan fingerprint density at radius 3 is 2.53 bits per heavy atom. The lowest BCUT2D eigenvalue weighted by Crippen LogP contribution is -2.47. The molecular weight excluding hydrogens is 192 g/mol. The molecule has 1 rings (SSSR count).